The molecule has 0 bridgehead atoms. The van der Waals surface area contributed by atoms with Gasteiger partial charge in [0.15, 0.2) is 0 Å². The Bertz CT molecular complexity index is 271. The highest BCUT2D eigenvalue weighted by molar-refractivity contribution is 7.99. The minimum absolute atomic E-state index is 0.0832. The summed E-state index contributed by atoms with van der Waals surface area (Å²) in [5.74, 6) is 0.598. The van der Waals surface area contributed by atoms with Gasteiger partial charge < -0.3 is 10.4 Å². The van der Waals surface area contributed by atoms with Gasteiger partial charge in [0.1, 0.15) is 0 Å². The summed E-state index contributed by atoms with van der Waals surface area (Å²) in [6.45, 7) is 5.83. The second kappa shape index (κ2) is 11.1. The van der Waals surface area contributed by atoms with Gasteiger partial charge >= 0.3 is 5.97 Å². The maximum Gasteiger partial charge on any atom is 0.306 e. The van der Waals surface area contributed by atoms with Crippen molar-refractivity contribution in [3.05, 3.63) is 0 Å². The lowest BCUT2D eigenvalue weighted by molar-refractivity contribution is -0.141. The molecule has 0 saturated heterocycles. The Balaban J connectivity index is 3.59. The molecule has 112 valence electrons. The SMILES string of the molecule is CCCCSCC(=O)NC(C)CCCC(C)C(=O)O. The largest absolute Gasteiger partial charge is 0.481 e. The standard InChI is InChI=1S/C14H27NO3S/c1-4-5-9-19-10-13(16)15-12(3)8-6-7-11(2)14(17)18/h11-12H,4-10H2,1-3H3,(H,15,16)(H,17,18). The fourth-order valence-corrected chi connectivity index (χ4v) is 2.56. The van der Waals surface area contributed by atoms with Crippen molar-refractivity contribution in [3.8, 4) is 0 Å². The van der Waals surface area contributed by atoms with Crippen LogP contribution in [0.2, 0.25) is 0 Å². The van der Waals surface area contributed by atoms with Gasteiger partial charge in [-0.25, -0.2) is 0 Å². The first kappa shape index (κ1) is 18.3. The Morgan fingerprint density at radius 3 is 2.47 bits per heavy atom. The molecule has 0 aromatic heterocycles. The number of amides is 1. The van der Waals surface area contributed by atoms with Crippen LogP contribution in [0.3, 0.4) is 0 Å². The molecule has 0 aliphatic rings. The summed E-state index contributed by atoms with van der Waals surface area (Å²) in [6.07, 6.45) is 4.65. The lowest BCUT2D eigenvalue weighted by Crippen LogP contribution is -2.34. The third-order valence-electron chi connectivity index (χ3n) is 2.98. The van der Waals surface area contributed by atoms with Crippen LogP contribution >= 0.6 is 11.8 Å². The number of carbonyl (C=O) groups excluding carboxylic acids is 1. The number of carboxylic acid groups (broad SMARTS) is 1. The van der Waals surface area contributed by atoms with E-state index in [0.717, 1.165) is 31.4 Å². The molecule has 2 N–H and O–H groups in total. The molecule has 19 heavy (non-hydrogen) atoms. The molecular formula is C14H27NO3S. The third-order valence-corrected chi connectivity index (χ3v) is 4.02. The molecule has 4 nitrogen and oxygen atoms in total. The van der Waals surface area contributed by atoms with E-state index in [-0.39, 0.29) is 17.9 Å². The molecule has 0 fully saturated rings. The molecular weight excluding hydrogens is 262 g/mol. The predicted molar refractivity (Wildman–Crippen MR) is 80.5 cm³/mol. The van der Waals surface area contributed by atoms with Crippen LogP contribution in [0.25, 0.3) is 0 Å². The van der Waals surface area contributed by atoms with E-state index >= 15 is 0 Å². The van der Waals surface area contributed by atoms with Gasteiger partial charge in [-0.3, -0.25) is 9.59 Å². The van der Waals surface area contributed by atoms with Gasteiger partial charge in [-0.05, 0) is 31.9 Å². The zero-order chi connectivity index (χ0) is 14.7. The van der Waals surface area contributed by atoms with Gasteiger partial charge in [0.05, 0.1) is 11.7 Å². The highest BCUT2D eigenvalue weighted by Crippen LogP contribution is 2.10. The second-order valence-electron chi connectivity index (χ2n) is 5.04. The first-order valence-corrected chi connectivity index (χ1v) is 8.22. The zero-order valence-electron chi connectivity index (χ0n) is 12.3. The quantitative estimate of drug-likeness (QED) is 0.574. The number of hydrogen-bond donors (Lipinski definition) is 2. The van der Waals surface area contributed by atoms with E-state index in [0.29, 0.717) is 12.2 Å². The molecule has 2 unspecified atom stereocenters. The van der Waals surface area contributed by atoms with E-state index in [4.69, 9.17) is 5.11 Å². The number of rotatable bonds is 11. The monoisotopic (exact) mass is 289 g/mol. The summed E-state index contributed by atoms with van der Waals surface area (Å²) in [6, 6.07) is 0.125. The molecule has 0 heterocycles. The van der Waals surface area contributed by atoms with Crippen molar-refractivity contribution < 1.29 is 14.7 Å². The van der Waals surface area contributed by atoms with E-state index < -0.39 is 5.97 Å². The molecule has 0 aliphatic heterocycles. The highest BCUT2D eigenvalue weighted by Gasteiger charge is 2.12. The first-order valence-electron chi connectivity index (χ1n) is 7.07. The summed E-state index contributed by atoms with van der Waals surface area (Å²) in [4.78, 5) is 22.2. The summed E-state index contributed by atoms with van der Waals surface area (Å²) in [5, 5.41) is 11.7. The molecule has 0 rings (SSSR count). The van der Waals surface area contributed by atoms with Crippen molar-refractivity contribution >= 4 is 23.6 Å². The van der Waals surface area contributed by atoms with Crippen LogP contribution in [0.1, 0.15) is 52.9 Å². The Hall–Kier alpha value is -0.710. The van der Waals surface area contributed by atoms with Crippen LogP contribution in [0.4, 0.5) is 0 Å². The molecule has 0 aliphatic carbocycles. The minimum atomic E-state index is -0.746. The molecule has 0 saturated carbocycles. The Kier molecular flexibility index (Phi) is 10.7. The Labute approximate surface area is 120 Å². The number of carboxylic acids is 1. The van der Waals surface area contributed by atoms with Crippen LogP contribution in [0.15, 0.2) is 0 Å². The number of nitrogens with one attached hydrogen (secondary N) is 1. The average molecular weight is 289 g/mol. The van der Waals surface area contributed by atoms with Crippen molar-refractivity contribution in [3.63, 3.8) is 0 Å². The maximum absolute atomic E-state index is 11.6. The molecule has 1 amide bonds. The van der Waals surface area contributed by atoms with E-state index in [2.05, 4.69) is 12.2 Å². The lowest BCUT2D eigenvalue weighted by atomic mass is 10.0. The van der Waals surface area contributed by atoms with Gasteiger partial charge in [0, 0.05) is 6.04 Å². The molecule has 5 heteroatoms. The molecule has 2 atom stereocenters. The minimum Gasteiger partial charge on any atom is -0.481 e. The fourth-order valence-electron chi connectivity index (χ4n) is 1.65. The van der Waals surface area contributed by atoms with Crippen LogP contribution in [-0.4, -0.2) is 34.5 Å². The van der Waals surface area contributed by atoms with Crippen molar-refractivity contribution in [2.75, 3.05) is 11.5 Å². The van der Waals surface area contributed by atoms with Crippen molar-refractivity contribution in [1.82, 2.24) is 5.32 Å². The normalized spacial score (nSPS) is 13.8. The van der Waals surface area contributed by atoms with Gasteiger partial charge in [0.2, 0.25) is 5.91 Å². The number of hydrogen-bond acceptors (Lipinski definition) is 3. The summed E-state index contributed by atoms with van der Waals surface area (Å²) in [7, 11) is 0. The summed E-state index contributed by atoms with van der Waals surface area (Å²) in [5.41, 5.74) is 0. The maximum atomic E-state index is 11.6. The van der Waals surface area contributed by atoms with E-state index in [1.165, 1.54) is 0 Å². The summed E-state index contributed by atoms with van der Waals surface area (Å²) >= 11 is 1.67. The second-order valence-corrected chi connectivity index (χ2v) is 6.15. The van der Waals surface area contributed by atoms with Crippen molar-refractivity contribution in [1.29, 1.82) is 0 Å². The van der Waals surface area contributed by atoms with Gasteiger partial charge in [0.25, 0.3) is 0 Å². The van der Waals surface area contributed by atoms with Gasteiger partial charge in [-0.2, -0.15) is 11.8 Å². The van der Waals surface area contributed by atoms with Crippen molar-refractivity contribution in [2.24, 2.45) is 5.92 Å². The van der Waals surface area contributed by atoms with E-state index in [9.17, 15) is 9.59 Å². The number of thioether (sulfide) groups is 1. The smallest absolute Gasteiger partial charge is 0.306 e. The highest BCUT2D eigenvalue weighted by atomic mass is 32.2. The zero-order valence-corrected chi connectivity index (χ0v) is 13.1. The predicted octanol–water partition coefficient (Wildman–Crippen LogP) is 2.92. The van der Waals surface area contributed by atoms with E-state index in [1.54, 1.807) is 18.7 Å². The number of unbranched alkanes of at least 4 members (excludes halogenated alkanes) is 1. The van der Waals surface area contributed by atoms with E-state index in [1.807, 2.05) is 6.92 Å². The number of carbonyl (C=O) groups is 2. The number of aliphatic carboxylic acids is 1. The molecule has 0 spiro atoms. The fraction of sp³-hybridized carbons (Fsp3) is 0.857. The van der Waals surface area contributed by atoms with Gasteiger partial charge in [-0.15, -0.1) is 0 Å². The Morgan fingerprint density at radius 1 is 1.21 bits per heavy atom. The lowest BCUT2D eigenvalue weighted by Gasteiger charge is -2.14. The van der Waals surface area contributed by atoms with Crippen LogP contribution in [0.5, 0.6) is 0 Å². The Morgan fingerprint density at radius 2 is 1.89 bits per heavy atom. The third kappa shape index (κ3) is 10.9. The molecule has 0 radical (unpaired) electrons. The van der Waals surface area contributed by atoms with Crippen LogP contribution < -0.4 is 5.32 Å². The average Bonchev–Trinajstić information content (AvgIpc) is 2.34. The van der Waals surface area contributed by atoms with Crippen LogP contribution in [-0.2, 0) is 9.59 Å². The van der Waals surface area contributed by atoms with Crippen LogP contribution in [0, 0.1) is 5.92 Å². The van der Waals surface area contributed by atoms with Crippen molar-refractivity contribution in [2.45, 2.75) is 58.9 Å². The molecule has 0 aromatic carbocycles. The summed E-state index contributed by atoms with van der Waals surface area (Å²) < 4.78 is 0. The van der Waals surface area contributed by atoms with Gasteiger partial charge in [-0.1, -0.05) is 26.7 Å². The topological polar surface area (TPSA) is 66.4 Å². The first-order chi connectivity index (χ1) is 8.97. The molecule has 0 aromatic rings.